The van der Waals surface area contributed by atoms with Gasteiger partial charge >= 0.3 is 12.1 Å². The summed E-state index contributed by atoms with van der Waals surface area (Å²) in [5, 5.41) is 13.4. The number of carboxylic acids is 1. The molecular weight excluding hydrogens is 514 g/mol. The number of carbonyl (C=O) groups excluding carboxylic acids is 2. The topological polar surface area (TPSA) is 134 Å². The molecule has 1 aromatic heterocycles. The van der Waals surface area contributed by atoms with Gasteiger partial charge in [0.1, 0.15) is 22.8 Å². The summed E-state index contributed by atoms with van der Waals surface area (Å²) in [5.41, 5.74) is -2.03. The first-order valence-corrected chi connectivity index (χ1v) is 14.0. The molecule has 2 N–H and O–H groups in total. The molecule has 0 aliphatic carbocycles. The molecule has 1 unspecified atom stereocenters. The molecule has 0 radical (unpaired) electrons. The number of likely N-dealkylation sites (tertiary alicyclic amines) is 1. The van der Waals surface area contributed by atoms with Gasteiger partial charge in [0, 0.05) is 51.5 Å². The summed E-state index contributed by atoms with van der Waals surface area (Å²) in [6.07, 6.45) is 1.86. The zero-order valence-electron chi connectivity index (χ0n) is 26.0. The van der Waals surface area contributed by atoms with E-state index in [0.29, 0.717) is 36.9 Å². The molecule has 2 rings (SSSR count). The first-order valence-electron chi connectivity index (χ1n) is 14.0. The van der Waals surface area contributed by atoms with Crippen LogP contribution in [0.3, 0.4) is 0 Å². The predicted octanol–water partition coefficient (Wildman–Crippen LogP) is 4.42. The van der Waals surface area contributed by atoms with Gasteiger partial charge in [-0.15, -0.1) is 0 Å². The Kier molecular flexibility index (Phi) is 10.9. The monoisotopic (exact) mass is 563 g/mol. The second-order valence-electron chi connectivity index (χ2n) is 13.4. The zero-order chi connectivity index (χ0) is 30.5. The average molecular weight is 564 g/mol. The Labute approximate surface area is 239 Å². The van der Waals surface area contributed by atoms with E-state index in [-0.39, 0.29) is 36.8 Å². The molecule has 0 bridgehead atoms. The molecule has 11 heteroatoms. The Hall–Kier alpha value is -2.95. The van der Waals surface area contributed by atoms with Crippen molar-refractivity contribution in [2.45, 2.75) is 92.2 Å². The fourth-order valence-electron chi connectivity index (χ4n) is 4.62. The number of methoxy groups -OCH3 is 1. The molecule has 1 saturated heterocycles. The van der Waals surface area contributed by atoms with Crippen LogP contribution in [0.4, 0.5) is 10.6 Å². The van der Waals surface area contributed by atoms with E-state index in [0.717, 1.165) is 6.42 Å². The smallest absolute Gasteiger partial charge is 0.410 e. The van der Waals surface area contributed by atoms with Crippen LogP contribution in [0, 0.1) is 11.3 Å². The van der Waals surface area contributed by atoms with Gasteiger partial charge < -0.3 is 29.7 Å². The lowest BCUT2D eigenvalue weighted by atomic mass is 9.79. The molecule has 40 heavy (non-hydrogen) atoms. The van der Waals surface area contributed by atoms with E-state index < -0.39 is 29.1 Å². The number of amides is 2. The number of aliphatic carboxylic acids is 1. The third-order valence-corrected chi connectivity index (χ3v) is 6.60. The molecule has 226 valence electrons. The number of nitrogens with one attached hydrogen (secondary N) is 1. The van der Waals surface area contributed by atoms with Crippen molar-refractivity contribution in [3.63, 3.8) is 0 Å². The highest BCUT2D eigenvalue weighted by atomic mass is 16.6. The second kappa shape index (κ2) is 13.1. The summed E-state index contributed by atoms with van der Waals surface area (Å²) in [6.45, 7) is 18.5. The molecular formula is C29H49N5O6. The summed E-state index contributed by atoms with van der Waals surface area (Å²) >= 11 is 0. The van der Waals surface area contributed by atoms with E-state index >= 15 is 0 Å². The number of piperidine rings is 1. The van der Waals surface area contributed by atoms with Gasteiger partial charge in [-0.2, -0.15) is 0 Å². The number of ether oxygens (including phenoxy) is 2. The van der Waals surface area contributed by atoms with Gasteiger partial charge in [0.05, 0.1) is 11.5 Å². The molecule has 2 amide bonds. The molecule has 2 atom stereocenters. The minimum atomic E-state index is -1.26. The zero-order valence-corrected chi connectivity index (χ0v) is 26.0. The molecule has 2 heterocycles. The number of hydrogen-bond donors (Lipinski definition) is 2. The van der Waals surface area contributed by atoms with E-state index in [1.54, 1.807) is 45.9 Å². The summed E-state index contributed by atoms with van der Waals surface area (Å²) < 4.78 is 10.7. The first kappa shape index (κ1) is 33.3. The van der Waals surface area contributed by atoms with E-state index in [4.69, 9.17) is 14.5 Å². The maximum absolute atomic E-state index is 14.2. The molecule has 0 aromatic carbocycles. The average Bonchev–Trinajstić information content (AvgIpc) is 2.82. The molecule has 1 fully saturated rings. The number of carbonyl (C=O) groups is 3. The van der Waals surface area contributed by atoms with Crippen molar-refractivity contribution in [1.29, 1.82) is 0 Å². The Morgan fingerprint density at radius 2 is 1.88 bits per heavy atom. The summed E-state index contributed by atoms with van der Waals surface area (Å²) in [4.78, 5) is 52.0. The lowest BCUT2D eigenvalue weighted by molar-refractivity contribution is -0.152. The van der Waals surface area contributed by atoms with Crippen LogP contribution in [0.5, 0.6) is 0 Å². The van der Waals surface area contributed by atoms with Crippen LogP contribution >= 0.6 is 0 Å². The van der Waals surface area contributed by atoms with Crippen molar-refractivity contribution in [3.05, 3.63) is 17.6 Å². The van der Waals surface area contributed by atoms with Gasteiger partial charge in [0.15, 0.2) is 0 Å². The Balaban J connectivity index is 2.53. The quantitative estimate of drug-likeness (QED) is 0.397. The normalized spacial score (nSPS) is 19.9. The van der Waals surface area contributed by atoms with Crippen LogP contribution in [0.25, 0.3) is 0 Å². The van der Waals surface area contributed by atoms with E-state index in [1.807, 2.05) is 34.6 Å². The molecule has 0 saturated carbocycles. The highest BCUT2D eigenvalue weighted by Crippen LogP contribution is 2.34. The molecule has 1 aliphatic rings. The van der Waals surface area contributed by atoms with Gasteiger partial charge in [0.2, 0.25) is 0 Å². The lowest BCUT2D eigenvalue weighted by Gasteiger charge is -2.46. The van der Waals surface area contributed by atoms with Gasteiger partial charge in [-0.3, -0.25) is 9.59 Å². The number of carboxylic acid groups (broad SMARTS) is 1. The van der Waals surface area contributed by atoms with Gasteiger partial charge in [-0.1, -0.05) is 34.6 Å². The molecule has 0 spiro atoms. The lowest BCUT2D eigenvalue weighted by Crippen LogP contribution is -2.60. The van der Waals surface area contributed by atoms with Crippen molar-refractivity contribution in [1.82, 2.24) is 19.8 Å². The van der Waals surface area contributed by atoms with Crippen LogP contribution in [-0.4, -0.2) is 94.4 Å². The van der Waals surface area contributed by atoms with Gasteiger partial charge in [-0.25, -0.2) is 14.8 Å². The Bertz CT molecular complexity index is 1050. The standard InChI is InChI=1S/C29H49N5O6/c1-19(2)16-34(20-14-29(9,25(36)37)18-33(17-20)26(38)40-28(6,7)8)23(35)21-15-31-24(27(3,4)5)32-22(21)30-12-11-13-39-10/h15,19-20H,11-14,16-18H2,1-10H3,(H,36,37)(H,30,31,32)/t20-,29?/m0/s1. The number of nitrogens with zero attached hydrogens (tertiary/aromatic N) is 4. The van der Waals surface area contributed by atoms with Crippen molar-refractivity contribution < 1.29 is 29.0 Å². The largest absolute Gasteiger partial charge is 0.481 e. The molecule has 1 aromatic rings. The Morgan fingerprint density at radius 3 is 2.40 bits per heavy atom. The molecule has 11 nitrogen and oxygen atoms in total. The van der Waals surface area contributed by atoms with E-state index in [2.05, 4.69) is 10.3 Å². The van der Waals surface area contributed by atoms with Crippen molar-refractivity contribution >= 4 is 23.8 Å². The number of aromatic nitrogens is 2. The maximum atomic E-state index is 14.2. The minimum absolute atomic E-state index is 0.00679. The minimum Gasteiger partial charge on any atom is -0.481 e. The number of rotatable bonds is 10. The third-order valence-electron chi connectivity index (χ3n) is 6.60. The van der Waals surface area contributed by atoms with Gasteiger partial charge in [-0.05, 0) is 46.5 Å². The molecule has 1 aliphatic heterocycles. The third kappa shape index (κ3) is 9.04. The van der Waals surface area contributed by atoms with Crippen LogP contribution in [-0.2, 0) is 19.7 Å². The number of hydrogen-bond acceptors (Lipinski definition) is 8. The highest BCUT2D eigenvalue weighted by Gasteiger charge is 2.47. The van der Waals surface area contributed by atoms with E-state index in [1.165, 1.54) is 4.90 Å². The maximum Gasteiger partial charge on any atom is 0.410 e. The second-order valence-corrected chi connectivity index (χ2v) is 13.4. The highest BCUT2D eigenvalue weighted by molar-refractivity contribution is 5.98. The van der Waals surface area contributed by atoms with E-state index in [9.17, 15) is 19.5 Å². The first-order chi connectivity index (χ1) is 18.4. The summed E-state index contributed by atoms with van der Waals surface area (Å²) in [7, 11) is 1.64. The SMILES string of the molecule is COCCCNc1nc(C(C)(C)C)ncc1C(=O)N(CC(C)C)[C@@H]1CN(C(=O)OC(C)(C)C)CC(C)(C(=O)O)C1. The van der Waals surface area contributed by atoms with Crippen LogP contribution in [0.2, 0.25) is 0 Å². The van der Waals surface area contributed by atoms with Crippen LogP contribution < -0.4 is 5.32 Å². The summed E-state index contributed by atoms with van der Waals surface area (Å²) in [6, 6.07) is -0.555. The van der Waals surface area contributed by atoms with Crippen LogP contribution in [0.1, 0.15) is 91.3 Å². The van der Waals surface area contributed by atoms with Crippen molar-refractivity contribution in [2.75, 3.05) is 45.2 Å². The predicted molar refractivity (Wildman–Crippen MR) is 154 cm³/mol. The van der Waals surface area contributed by atoms with Crippen molar-refractivity contribution in [3.8, 4) is 0 Å². The fraction of sp³-hybridized carbons (Fsp3) is 0.759. The van der Waals surface area contributed by atoms with Gasteiger partial charge in [0.25, 0.3) is 5.91 Å². The summed E-state index contributed by atoms with van der Waals surface area (Å²) in [5.74, 6) is -0.227. The van der Waals surface area contributed by atoms with Crippen molar-refractivity contribution in [2.24, 2.45) is 11.3 Å². The fourth-order valence-corrected chi connectivity index (χ4v) is 4.62. The Morgan fingerprint density at radius 1 is 1.23 bits per heavy atom. The number of anilines is 1. The van der Waals surface area contributed by atoms with Crippen LogP contribution in [0.15, 0.2) is 6.20 Å².